The molecular weight excluding hydrogens is 578 g/mol. The van der Waals surface area contributed by atoms with Gasteiger partial charge in [0.1, 0.15) is 6.10 Å². The number of piperazine rings is 1. The summed E-state index contributed by atoms with van der Waals surface area (Å²) >= 11 is 0. The topological polar surface area (TPSA) is 139 Å². The van der Waals surface area contributed by atoms with E-state index < -0.39 is 0 Å². The number of nitrogens with zero attached hydrogens (tertiary/aromatic N) is 2. The summed E-state index contributed by atoms with van der Waals surface area (Å²) in [7, 11) is 0. The standard InChI is InChI=1S/C34H51N3O8/c1-3-43-31(40)14-16-35-32(41)36-17-19-37(20-18-36)33(42)45-26-13-15-34(2)25(21-26)9-10-27-28(34)6-4-5-23(7-11-29(27)38)24-8-12-30(39)44-22-24/h8,12,22-23,25-29,38H,3-7,9-11,13-21H2,1-2H3,(H,35,41). The van der Waals surface area contributed by atoms with Crippen LogP contribution < -0.4 is 10.9 Å². The molecule has 0 radical (unpaired) electrons. The fraction of sp³-hybridized carbons (Fsp3) is 0.765. The smallest absolute Gasteiger partial charge is 0.410 e. The van der Waals surface area contributed by atoms with Crippen LogP contribution in [0.5, 0.6) is 0 Å². The van der Waals surface area contributed by atoms with Crippen LogP contribution in [-0.2, 0) is 14.3 Å². The molecule has 2 N–H and O–H groups in total. The number of urea groups is 1. The van der Waals surface area contributed by atoms with Crippen molar-refractivity contribution in [3.8, 4) is 0 Å². The average molecular weight is 630 g/mol. The highest BCUT2D eigenvalue weighted by atomic mass is 16.6. The van der Waals surface area contributed by atoms with Gasteiger partial charge in [-0.3, -0.25) is 4.79 Å². The van der Waals surface area contributed by atoms with Gasteiger partial charge >= 0.3 is 23.7 Å². The van der Waals surface area contributed by atoms with E-state index in [1.54, 1.807) is 23.0 Å². The minimum absolute atomic E-state index is 0.110. The van der Waals surface area contributed by atoms with Crippen LogP contribution >= 0.6 is 0 Å². The Morgan fingerprint density at radius 1 is 1.02 bits per heavy atom. The number of carbonyl (C=O) groups excluding carboxylic acids is 3. The molecule has 45 heavy (non-hydrogen) atoms. The van der Waals surface area contributed by atoms with Crippen LogP contribution in [0.4, 0.5) is 9.59 Å². The summed E-state index contributed by atoms with van der Waals surface area (Å²) in [4.78, 5) is 51.9. The molecule has 4 fully saturated rings. The normalized spacial score (nSPS) is 32.2. The number of aliphatic hydroxyl groups excluding tert-OH is 1. The molecule has 3 amide bonds. The molecule has 3 aliphatic carbocycles. The lowest BCUT2D eigenvalue weighted by molar-refractivity contribution is -0.142. The van der Waals surface area contributed by atoms with Crippen molar-refractivity contribution in [3.05, 3.63) is 34.4 Å². The monoisotopic (exact) mass is 629 g/mol. The van der Waals surface area contributed by atoms with Gasteiger partial charge in [-0.25, -0.2) is 14.4 Å². The van der Waals surface area contributed by atoms with Crippen LogP contribution in [0.25, 0.3) is 0 Å². The first-order chi connectivity index (χ1) is 21.7. The highest BCUT2D eigenvalue weighted by Gasteiger charge is 2.52. The Morgan fingerprint density at radius 3 is 2.53 bits per heavy atom. The number of fused-ring (bicyclic) bond motifs is 3. The fourth-order valence-corrected chi connectivity index (χ4v) is 8.69. The first-order valence-corrected chi connectivity index (χ1v) is 17.1. The number of nitrogens with one attached hydrogen (secondary N) is 1. The molecule has 1 aliphatic heterocycles. The van der Waals surface area contributed by atoms with E-state index in [2.05, 4.69) is 12.2 Å². The van der Waals surface area contributed by atoms with Gasteiger partial charge in [0, 0.05) is 38.8 Å². The van der Waals surface area contributed by atoms with Gasteiger partial charge in [-0.05, 0) is 105 Å². The zero-order valence-electron chi connectivity index (χ0n) is 26.9. The third-order valence-electron chi connectivity index (χ3n) is 11.3. The SMILES string of the molecule is CCOC(=O)CCNC(=O)N1CCN(C(=O)OC2CCC3(C)C(CCC4C(O)CCC(c5ccc(=O)oc5)CCCC43)C2)CC1. The van der Waals surface area contributed by atoms with Crippen LogP contribution in [0, 0.1) is 23.2 Å². The summed E-state index contributed by atoms with van der Waals surface area (Å²) in [6, 6.07) is 3.13. The molecule has 11 heteroatoms. The summed E-state index contributed by atoms with van der Waals surface area (Å²) in [5, 5.41) is 14.2. The molecule has 0 spiro atoms. The minimum Gasteiger partial charge on any atom is -0.466 e. The highest BCUT2D eigenvalue weighted by Crippen LogP contribution is 2.58. The van der Waals surface area contributed by atoms with E-state index in [1.807, 2.05) is 6.07 Å². The molecule has 5 rings (SSSR count). The lowest BCUT2D eigenvalue weighted by atomic mass is 9.50. The molecular formula is C34H51N3O8. The molecule has 3 saturated carbocycles. The quantitative estimate of drug-likeness (QED) is 0.433. The van der Waals surface area contributed by atoms with E-state index in [1.165, 1.54) is 6.07 Å². The Kier molecular flexibility index (Phi) is 11.1. The van der Waals surface area contributed by atoms with E-state index in [9.17, 15) is 24.3 Å². The Morgan fingerprint density at radius 2 is 1.80 bits per heavy atom. The second kappa shape index (κ2) is 15.0. The Bertz CT molecular complexity index is 1210. The number of ether oxygens (including phenoxy) is 2. The van der Waals surface area contributed by atoms with Crippen molar-refractivity contribution in [1.29, 1.82) is 0 Å². The summed E-state index contributed by atoms with van der Waals surface area (Å²) in [6.45, 7) is 6.35. The molecule has 2 heterocycles. The molecule has 7 unspecified atom stereocenters. The molecule has 0 aromatic carbocycles. The number of hydrogen-bond donors (Lipinski definition) is 2. The minimum atomic E-state index is -0.338. The fourth-order valence-electron chi connectivity index (χ4n) is 8.69. The number of rotatable bonds is 6. The van der Waals surface area contributed by atoms with Gasteiger partial charge in [0.15, 0.2) is 0 Å². The first kappa shape index (κ1) is 33.3. The molecule has 11 nitrogen and oxygen atoms in total. The number of carbonyl (C=O) groups is 3. The predicted molar refractivity (Wildman–Crippen MR) is 167 cm³/mol. The van der Waals surface area contributed by atoms with Crippen molar-refractivity contribution in [1.82, 2.24) is 15.1 Å². The molecule has 250 valence electrons. The van der Waals surface area contributed by atoms with Crippen molar-refractivity contribution >= 4 is 18.1 Å². The lowest BCUT2D eigenvalue weighted by Gasteiger charge is -2.56. The van der Waals surface area contributed by atoms with Crippen molar-refractivity contribution in [2.75, 3.05) is 39.3 Å². The highest BCUT2D eigenvalue weighted by molar-refractivity contribution is 5.76. The zero-order valence-corrected chi connectivity index (χ0v) is 26.9. The van der Waals surface area contributed by atoms with E-state index >= 15 is 0 Å². The number of esters is 1. The number of hydrogen-bond acceptors (Lipinski definition) is 8. The van der Waals surface area contributed by atoms with E-state index in [-0.39, 0.29) is 66.1 Å². The molecule has 7 atom stereocenters. The van der Waals surface area contributed by atoms with Crippen molar-refractivity contribution in [2.24, 2.45) is 23.2 Å². The average Bonchev–Trinajstić information content (AvgIpc) is 3.11. The van der Waals surface area contributed by atoms with Crippen LogP contribution in [0.15, 0.2) is 27.6 Å². The predicted octanol–water partition coefficient (Wildman–Crippen LogP) is 4.67. The van der Waals surface area contributed by atoms with E-state index in [4.69, 9.17) is 13.9 Å². The van der Waals surface area contributed by atoms with Crippen molar-refractivity contribution < 1.29 is 33.4 Å². The summed E-state index contributed by atoms with van der Waals surface area (Å²) in [5.41, 5.74) is 0.827. The summed E-state index contributed by atoms with van der Waals surface area (Å²) in [6.07, 6.45) is 10.5. The Hall–Kier alpha value is -3.08. The lowest BCUT2D eigenvalue weighted by Crippen LogP contribution is -2.54. The molecule has 1 aromatic rings. The Labute approximate surface area is 266 Å². The van der Waals surface area contributed by atoms with Crippen LogP contribution in [0.2, 0.25) is 0 Å². The van der Waals surface area contributed by atoms with E-state index in [0.29, 0.717) is 44.6 Å². The summed E-state index contributed by atoms with van der Waals surface area (Å²) < 4.78 is 16.1. The van der Waals surface area contributed by atoms with Gasteiger partial charge in [0.25, 0.3) is 0 Å². The van der Waals surface area contributed by atoms with Gasteiger partial charge in [0.2, 0.25) is 0 Å². The third-order valence-corrected chi connectivity index (χ3v) is 11.3. The van der Waals surface area contributed by atoms with Crippen LogP contribution in [0.3, 0.4) is 0 Å². The number of aliphatic hydroxyl groups is 1. The second-order valence-electron chi connectivity index (χ2n) is 13.8. The largest absolute Gasteiger partial charge is 0.466 e. The van der Waals surface area contributed by atoms with Gasteiger partial charge in [0.05, 0.1) is 25.4 Å². The van der Waals surface area contributed by atoms with Gasteiger partial charge in [-0.1, -0.05) is 13.3 Å². The van der Waals surface area contributed by atoms with E-state index in [0.717, 1.165) is 69.8 Å². The number of amides is 3. The van der Waals surface area contributed by atoms with Crippen LogP contribution in [0.1, 0.15) is 96.0 Å². The van der Waals surface area contributed by atoms with Gasteiger partial charge in [-0.2, -0.15) is 0 Å². The maximum Gasteiger partial charge on any atom is 0.410 e. The molecule has 0 bridgehead atoms. The second-order valence-corrected chi connectivity index (χ2v) is 13.8. The third kappa shape index (κ3) is 8.02. The molecule has 1 saturated heterocycles. The van der Waals surface area contributed by atoms with Crippen molar-refractivity contribution in [2.45, 2.75) is 103 Å². The maximum absolute atomic E-state index is 13.1. The van der Waals surface area contributed by atoms with Crippen LogP contribution in [-0.4, -0.2) is 84.5 Å². The summed E-state index contributed by atoms with van der Waals surface area (Å²) in [5.74, 6) is 1.13. The first-order valence-electron chi connectivity index (χ1n) is 17.1. The molecule has 1 aromatic heterocycles. The molecule has 4 aliphatic rings. The van der Waals surface area contributed by atoms with Gasteiger partial charge in [-0.15, -0.1) is 0 Å². The zero-order chi connectivity index (χ0) is 32.0. The maximum atomic E-state index is 13.1. The van der Waals surface area contributed by atoms with Crippen molar-refractivity contribution in [3.63, 3.8) is 0 Å². The van der Waals surface area contributed by atoms with Gasteiger partial charge < -0.3 is 34.1 Å². The Balaban J connectivity index is 1.10.